The molecule has 0 saturated heterocycles. The molecule has 0 aliphatic carbocycles. The first-order valence-corrected chi connectivity index (χ1v) is 8.53. The number of halogens is 2. The van der Waals surface area contributed by atoms with Gasteiger partial charge in [-0.15, -0.1) is 24.0 Å². The molecule has 0 aliphatic rings. The maximum absolute atomic E-state index is 11.8. The van der Waals surface area contributed by atoms with Gasteiger partial charge in [-0.25, -0.2) is 0 Å². The summed E-state index contributed by atoms with van der Waals surface area (Å²) in [5, 5.41) is 6.75. The molecule has 0 atom stereocenters. The maximum Gasteiger partial charge on any atom is 0.287 e. The summed E-state index contributed by atoms with van der Waals surface area (Å²) in [6.07, 6.45) is 1.47. The van der Waals surface area contributed by atoms with Gasteiger partial charge in [0.1, 0.15) is 0 Å². The van der Waals surface area contributed by atoms with Crippen LogP contribution in [-0.4, -0.2) is 43.4 Å². The predicted octanol–water partition coefficient (Wildman–Crippen LogP) is 3.38. The summed E-state index contributed by atoms with van der Waals surface area (Å²) in [4.78, 5) is 18.4. The summed E-state index contributed by atoms with van der Waals surface area (Å²) in [6.45, 7) is 4.40. The van der Waals surface area contributed by atoms with Crippen molar-refractivity contribution >= 4 is 47.4 Å². The Balaban J connectivity index is 0.00000338. The number of hydrogen-bond donors (Lipinski definition) is 2. The van der Waals surface area contributed by atoms with E-state index < -0.39 is 0 Å². The summed E-state index contributed by atoms with van der Waals surface area (Å²) in [6, 6.07) is 11.0. The first kappa shape index (κ1) is 22.3. The Bertz CT molecular complexity index is 690. The lowest BCUT2D eigenvalue weighted by molar-refractivity contribution is 0.0927. The van der Waals surface area contributed by atoms with Crippen LogP contribution in [0, 0.1) is 0 Å². The number of nitrogens with zero attached hydrogens (tertiary/aromatic N) is 2. The second-order valence-electron chi connectivity index (χ2n) is 5.45. The molecule has 2 aromatic rings. The van der Waals surface area contributed by atoms with E-state index in [0.717, 1.165) is 23.1 Å². The van der Waals surface area contributed by atoms with Crippen LogP contribution in [-0.2, 0) is 6.54 Å². The van der Waals surface area contributed by atoms with Gasteiger partial charge in [-0.3, -0.25) is 9.79 Å². The van der Waals surface area contributed by atoms with Crippen molar-refractivity contribution in [2.24, 2.45) is 4.99 Å². The molecular weight excluding hydrogens is 467 g/mol. The van der Waals surface area contributed by atoms with Crippen molar-refractivity contribution in [3.8, 4) is 0 Å². The molecule has 1 amide bonds. The van der Waals surface area contributed by atoms with Crippen molar-refractivity contribution < 1.29 is 9.21 Å². The van der Waals surface area contributed by atoms with Gasteiger partial charge in [0.05, 0.1) is 12.8 Å². The summed E-state index contributed by atoms with van der Waals surface area (Å²) < 4.78 is 5.05. The highest BCUT2D eigenvalue weighted by molar-refractivity contribution is 14.0. The second kappa shape index (κ2) is 11.8. The summed E-state index contributed by atoms with van der Waals surface area (Å²) in [5.74, 6) is 0.847. The van der Waals surface area contributed by atoms with Crippen molar-refractivity contribution in [1.29, 1.82) is 0 Å². The van der Waals surface area contributed by atoms with E-state index in [1.54, 1.807) is 12.1 Å². The number of benzene rings is 1. The number of aliphatic imine (C=N–C) groups is 1. The van der Waals surface area contributed by atoms with Crippen LogP contribution >= 0.6 is 35.6 Å². The minimum Gasteiger partial charge on any atom is -0.459 e. The molecule has 8 heteroatoms. The highest BCUT2D eigenvalue weighted by Gasteiger charge is 2.08. The van der Waals surface area contributed by atoms with Gasteiger partial charge in [0.25, 0.3) is 5.91 Å². The SMILES string of the molecule is CCNC(=NCCNC(=O)c1ccco1)N(C)Cc1ccc(Cl)cc1.I. The number of hydrogen-bond acceptors (Lipinski definition) is 3. The van der Waals surface area contributed by atoms with Gasteiger partial charge in [0.15, 0.2) is 11.7 Å². The molecule has 2 N–H and O–H groups in total. The van der Waals surface area contributed by atoms with Crippen LogP contribution in [0.2, 0.25) is 5.02 Å². The van der Waals surface area contributed by atoms with E-state index >= 15 is 0 Å². The molecule has 0 aliphatic heterocycles. The number of guanidine groups is 1. The van der Waals surface area contributed by atoms with Crippen LogP contribution in [0.1, 0.15) is 23.0 Å². The standard InChI is InChI=1S/C18H23ClN4O2.HI/c1-3-20-18(23(2)13-14-6-8-15(19)9-7-14)22-11-10-21-17(24)16-5-4-12-25-16;/h4-9,12H,3,10-11,13H2,1-2H3,(H,20,22)(H,21,24);1H. The molecule has 1 aromatic carbocycles. The fraction of sp³-hybridized carbons (Fsp3) is 0.333. The third-order valence-corrected chi connectivity index (χ3v) is 3.69. The number of carbonyl (C=O) groups is 1. The molecule has 6 nitrogen and oxygen atoms in total. The Morgan fingerprint density at radius 3 is 2.58 bits per heavy atom. The Morgan fingerprint density at radius 2 is 1.96 bits per heavy atom. The van der Waals surface area contributed by atoms with Crippen molar-refractivity contribution in [1.82, 2.24) is 15.5 Å². The number of rotatable bonds is 7. The van der Waals surface area contributed by atoms with E-state index in [9.17, 15) is 4.79 Å². The van der Waals surface area contributed by atoms with E-state index in [0.29, 0.717) is 25.4 Å². The van der Waals surface area contributed by atoms with Gasteiger partial charge >= 0.3 is 0 Å². The van der Waals surface area contributed by atoms with Crippen LogP contribution in [0.15, 0.2) is 52.1 Å². The van der Waals surface area contributed by atoms with E-state index in [4.69, 9.17) is 16.0 Å². The summed E-state index contributed by atoms with van der Waals surface area (Å²) in [7, 11) is 1.97. The molecule has 0 unspecified atom stereocenters. The van der Waals surface area contributed by atoms with Gasteiger partial charge in [0.2, 0.25) is 0 Å². The average Bonchev–Trinajstić information content (AvgIpc) is 3.14. The van der Waals surface area contributed by atoms with Crippen molar-refractivity contribution in [3.05, 3.63) is 59.0 Å². The van der Waals surface area contributed by atoms with Crippen molar-refractivity contribution in [2.45, 2.75) is 13.5 Å². The molecule has 0 radical (unpaired) electrons. The number of furan rings is 1. The Labute approximate surface area is 176 Å². The zero-order chi connectivity index (χ0) is 18.1. The van der Waals surface area contributed by atoms with Crippen LogP contribution in [0.25, 0.3) is 0 Å². The first-order valence-electron chi connectivity index (χ1n) is 8.15. The number of nitrogens with one attached hydrogen (secondary N) is 2. The van der Waals surface area contributed by atoms with Gasteiger partial charge in [-0.05, 0) is 36.8 Å². The highest BCUT2D eigenvalue weighted by atomic mass is 127. The Morgan fingerprint density at radius 1 is 1.23 bits per heavy atom. The Kier molecular flexibility index (Phi) is 10.1. The van der Waals surface area contributed by atoms with Crippen LogP contribution in [0.4, 0.5) is 0 Å². The number of amides is 1. The van der Waals surface area contributed by atoms with E-state index in [2.05, 4.69) is 15.6 Å². The van der Waals surface area contributed by atoms with Crippen LogP contribution in [0.5, 0.6) is 0 Å². The monoisotopic (exact) mass is 490 g/mol. The molecule has 26 heavy (non-hydrogen) atoms. The van der Waals surface area contributed by atoms with Crippen molar-refractivity contribution in [3.63, 3.8) is 0 Å². The fourth-order valence-corrected chi connectivity index (χ4v) is 2.36. The van der Waals surface area contributed by atoms with E-state index in [1.807, 2.05) is 43.1 Å². The average molecular weight is 491 g/mol. The fourth-order valence-electron chi connectivity index (χ4n) is 2.23. The zero-order valence-electron chi connectivity index (χ0n) is 14.9. The van der Waals surface area contributed by atoms with Crippen LogP contribution in [0.3, 0.4) is 0 Å². The Hall–Kier alpha value is -1.74. The minimum atomic E-state index is -0.236. The quantitative estimate of drug-likeness (QED) is 0.270. The number of carbonyl (C=O) groups excluding carboxylic acids is 1. The predicted molar refractivity (Wildman–Crippen MR) is 115 cm³/mol. The summed E-state index contributed by atoms with van der Waals surface area (Å²) >= 11 is 5.92. The maximum atomic E-state index is 11.8. The third kappa shape index (κ3) is 7.25. The lowest BCUT2D eigenvalue weighted by Crippen LogP contribution is -2.39. The normalized spacial score (nSPS) is 10.8. The topological polar surface area (TPSA) is 69.9 Å². The van der Waals surface area contributed by atoms with Gasteiger partial charge in [-0.2, -0.15) is 0 Å². The molecule has 2 rings (SSSR count). The second-order valence-corrected chi connectivity index (χ2v) is 5.89. The molecule has 0 bridgehead atoms. The molecule has 142 valence electrons. The zero-order valence-corrected chi connectivity index (χ0v) is 18.0. The van der Waals surface area contributed by atoms with Crippen molar-refractivity contribution in [2.75, 3.05) is 26.7 Å². The largest absolute Gasteiger partial charge is 0.459 e. The highest BCUT2D eigenvalue weighted by Crippen LogP contribution is 2.11. The van der Waals surface area contributed by atoms with Gasteiger partial charge in [-0.1, -0.05) is 23.7 Å². The van der Waals surface area contributed by atoms with Gasteiger partial charge in [0, 0.05) is 31.7 Å². The third-order valence-electron chi connectivity index (χ3n) is 3.43. The molecule has 1 heterocycles. The smallest absolute Gasteiger partial charge is 0.287 e. The minimum absolute atomic E-state index is 0. The van der Waals surface area contributed by atoms with Crippen LogP contribution < -0.4 is 10.6 Å². The first-order chi connectivity index (χ1) is 12.1. The lowest BCUT2D eigenvalue weighted by atomic mass is 10.2. The van der Waals surface area contributed by atoms with Gasteiger partial charge < -0.3 is 20.0 Å². The lowest BCUT2D eigenvalue weighted by Gasteiger charge is -2.22. The molecular formula is C18H24ClIN4O2. The van der Waals surface area contributed by atoms with E-state index in [-0.39, 0.29) is 29.9 Å². The molecule has 0 fully saturated rings. The van der Waals surface area contributed by atoms with E-state index in [1.165, 1.54) is 6.26 Å². The summed E-state index contributed by atoms with van der Waals surface area (Å²) in [5.41, 5.74) is 1.14. The molecule has 0 spiro atoms. The molecule has 1 aromatic heterocycles. The molecule has 0 saturated carbocycles.